The molecule has 0 N–H and O–H groups in total. The van der Waals surface area contributed by atoms with Gasteiger partial charge in [-0.2, -0.15) is 0 Å². The fourth-order valence-corrected chi connectivity index (χ4v) is 2.34. The Bertz CT molecular complexity index is 810. The third-order valence-corrected chi connectivity index (χ3v) is 3.42. The van der Waals surface area contributed by atoms with Crippen LogP contribution in [0, 0.1) is 21.7 Å². The lowest BCUT2D eigenvalue weighted by Crippen LogP contribution is -2.38. The van der Waals surface area contributed by atoms with Crippen LogP contribution in [0.4, 0.5) is 20.2 Å². The quantitative estimate of drug-likeness (QED) is 0.630. The van der Waals surface area contributed by atoms with Gasteiger partial charge in [0.15, 0.2) is 0 Å². The third-order valence-electron chi connectivity index (χ3n) is 3.42. The van der Waals surface area contributed by atoms with E-state index in [9.17, 15) is 23.7 Å². The number of anilines is 1. The molecule has 6 nitrogen and oxygen atoms in total. The molecule has 118 valence electrons. The van der Waals surface area contributed by atoms with E-state index in [4.69, 9.17) is 4.74 Å². The van der Waals surface area contributed by atoms with Gasteiger partial charge in [0.05, 0.1) is 22.7 Å². The number of hydrogen-bond acceptors (Lipinski definition) is 4. The van der Waals surface area contributed by atoms with E-state index in [1.807, 2.05) is 0 Å². The van der Waals surface area contributed by atoms with Gasteiger partial charge >= 0.3 is 0 Å². The summed E-state index contributed by atoms with van der Waals surface area (Å²) >= 11 is 0. The van der Waals surface area contributed by atoms with Gasteiger partial charge in [-0.1, -0.05) is 0 Å². The zero-order valence-corrected chi connectivity index (χ0v) is 11.7. The van der Waals surface area contributed by atoms with Crippen molar-refractivity contribution in [1.29, 1.82) is 0 Å². The standard InChI is InChI=1S/C15H10F2N2O4/c16-9-1-3-11(12(17)7-9)15(20)18-5-6-23-14-4-2-10(19(21)22)8-13(14)18/h1-4,7-8H,5-6H2. The van der Waals surface area contributed by atoms with Gasteiger partial charge in [0.1, 0.15) is 24.0 Å². The maximum absolute atomic E-state index is 13.8. The number of carbonyl (C=O) groups is 1. The number of nitro groups is 1. The minimum atomic E-state index is -0.992. The Morgan fingerprint density at radius 2 is 2.00 bits per heavy atom. The van der Waals surface area contributed by atoms with Gasteiger partial charge in [-0.3, -0.25) is 14.9 Å². The minimum absolute atomic E-state index is 0.101. The van der Waals surface area contributed by atoms with Crippen LogP contribution in [0.25, 0.3) is 0 Å². The molecule has 0 atom stereocenters. The van der Waals surface area contributed by atoms with Crippen molar-refractivity contribution in [3.8, 4) is 5.75 Å². The number of hydrogen-bond donors (Lipinski definition) is 0. The van der Waals surface area contributed by atoms with Crippen molar-refractivity contribution < 1.29 is 23.2 Å². The van der Waals surface area contributed by atoms with Crippen LogP contribution in [0.15, 0.2) is 36.4 Å². The lowest BCUT2D eigenvalue weighted by molar-refractivity contribution is -0.384. The molecule has 0 fully saturated rings. The first-order valence-electron chi connectivity index (χ1n) is 6.65. The molecule has 0 spiro atoms. The maximum Gasteiger partial charge on any atom is 0.271 e. The number of rotatable bonds is 2. The van der Waals surface area contributed by atoms with Gasteiger partial charge in [0, 0.05) is 18.2 Å². The van der Waals surface area contributed by atoms with E-state index in [0.29, 0.717) is 6.07 Å². The molecule has 8 heteroatoms. The molecular weight excluding hydrogens is 310 g/mol. The van der Waals surface area contributed by atoms with Crippen LogP contribution in [0.5, 0.6) is 5.75 Å². The lowest BCUT2D eigenvalue weighted by atomic mass is 10.1. The van der Waals surface area contributed by atoms with Crippen LogP contribution in [0.3, 0.4) is 0 Å². The first-order chi connectivity index (χ1) is 11.0. The van der Waals surface area contributed by atoms with Gasteiger partial charge < -0.3 is 9.64 Å². The SMILES string of the molecule is O=C(c1ccc(F)cc1F)N1CCOc2ccc([N+](=O)[O-])cc21. The highest BCUT2D eigenvalue weighted by Crippen LogP contribution is 2.35. The zero-order chi connectivity index (χ0) is 16.6. The molecule has 0 bridgehead atoms. The van der Waals surface area contributed by atoms with E-state index in [1.165, 1.54) is 23.1 Å². The van der Waals surface area contributed by atoms with Crippen LogP contribution >= 0.6 is 0 Å². The molecule has 23 heavy (non-hydrogen) atoms. The molecule has 2 aromatic carbocycles. The van der Waals surface area contributed by atoms with Gasteiger partial charge in [-0.25, -0.2) is 8.78 Å². The molecule has 0 radical (unpaired) electrons. The third kappa shape index (κ3) is 2.70. The molecule has 0 saturated heterocycles. The number of ether oxygens (including phenoxy) is 1. The summed E-state index contributed by atoms with van der Waals surface area (Å²) in [5.41, 5.74) is -0.350. The fraction of sp³-hybridized carbons (Fsp3) is 0.133. The molecule has 0 aliphatic carbocycles. The van der Waals surface area contributed by atoms with Crippen LogP contribution in [0.2, 0.25) is 0 Å². The highest BCUT2D eigenvalue weighted by atomic mass is 19.1. The highest BCUT2D eigenvalue weighted by Gasteiger charge is 2.28. The largest absolute Gasteiger partial charge is 0.490 e. The highest BCUT2D eigenvalue weighted by molar-refractivity contribution is 6.07. The second-order valence-electron chi connectivity index (χ2n) is 4.84. The molecule has 1 aliphatic rings. The molecule has 0 aromatic heterocycles. The van der Waals surface area contributed by atoms with Crippen molar-refractivity contribution in [3.05, 3.63) is 63.7 Å². The van der Waals surface area contributed by atoms with Crippen LogP contribution in [-0.4, -0.2) is 24.0 Å². The number of amides is 1. The average Bonchev–Trinajstić information content (AvgIpc) is 2.53. The average molecular weight is 320 g/mol. The minimum Gasteiger partial charge on any atom is -0.490 e. The van der Waals surface area contributed by atoms with Crippen molar-refractivity contribution in [2.75, 3.05) is 18.1 Å². The first-order valence-corrected chi connectivity index (χ1v) is 6.65. The molecule has 0 saturated carbocycles. The van der Waals surface area contributed by atoms with E-state index in [0.717, 1.165) is 12.1 Å². The molecule has 1 heterocycles. The van der Waals surface area contributed by atoms with Gasteiger partial charge in [-0.15, -0.1) is 0 Å². The summed E-state index contributed by atoms with van der Waals surface area (Å²) in [6, 6.07) is 6.46. The molecule has 1 aliphatic heterocycles. The van der Waals surface area contributed by atoms with E-state index in [2.05, 4.69) is 0 Å². The van der Waals surface area contributed by atoms with Crippen LogP contribution in [0.1, 0.15) is 10.4 Å². The topological polar surface area (TPSA) is 72.7 Å². The second-order valence-corrected chi connectivity index (χ2v) is 4.84. The molecular formula is C15H10F2N2O4. The normalized spacial score (nSPS) is 13.2. The Morgan fingerprint density at radius 1 is 1.22 bits per heavy atom. The second kappa shape index (κ2) is 5.64. The summed E-state index contributed by atoms with van der Waals surface area (Å²) in [5, 5.41) is 10.9. The summed E-state index contributed by atoms with van der Waals surface area (Å²) in [4.78, 5) is 24.0. The summed E-state index contributed by atoms with van der Waals surface area (Å²) < 4.78 is 32.1. The monoisotopic (exact) mass is 320 g/mol. The van der Waals surface area contributed by atoms with Crippen LogP contribution in [-0.2, 0) is 0 Å². The zero-order valence-electron chi connectivity index (χ0n) is 11.7. The van der Waals surface area contributed by atoms with Crippen molar-refractivity contribution in [2.45, 2.75) is 0 Å². The van der Waals surface area contributed by atoms with E-state index in [-0.39, 0.29) is 35.8 Å². The Morgan fingerprint density at radius 3 is 2.70 bits per heavy atom. The number of halogens is 2. The number of carbonyl (C=O) groups excluding carboxylic acids is 1. The molecule has 0 unspecified atom stereocenters. The fourth-order valence-electron chi connectivity index (χ4n) is 2.34. The molecule has 3 rings (SSSR count). The Hall–Kier alpha value is -3.03. The Balaban J connectivity index is 2.03. The van der Waals surface area contributed by atoms with Gasteiger partial charge in [0.25, 0.3) is 11.6 Å². The van der Waals surface area contributed by atoms with E-state index < -0.39 is 22.5 Å². The van der Waals surface area contributed by atoms with Crippen molar-refractivity contribution in [3.63, 3.8) is 0 Å². The van der Waals surface area contributed by atoms with Crippen molar-refractivity contribution in [1.82, 2.24) is 0 Å². The van der Waals surface area contributed by atoms with Gasteiger partial charge in [0.2, 0.25) is 0 Å². The van der Waals surface area contributed by atoms with E-state index in [1.54, 1.807) is 0 Å². The van der Waals surface area contributed by atoms with Crippen molar-refractivity contribution >= 4 is 17.3 Å². The predicted molar refractivity (Wildman–Crippen MR) is 76.6 cm³/mol. The van der Waals surface area contributed by atoms with Crippen LogP contribution < -0.4 is 9.64 Å². The van der Waals surface area contributed by atoms with Gasteiger partial charge in [-0.05, 0) is 18.2 Å². The van der Waals surface area contributed by atoms with Crippen molar-refractivity contribution in [2.24, 2.45) is 0 Å². The lowest BCUT2D eigenvalue weighted by Gasteiger charge is -2.29. The summed E-state index contributed by atoms with van der Waals surface area (Å²) in [6.07, 6.45) is 0. The summed E-state index contributed by atoms with van der Waals surface area (Å²) in [7, 11) is 0. The first kappa shape index (κ1) is 14.9. The molecule has 2 aromatic rings. The molecule has 1 amide bonds. The number of benzene rings is 2. The summed E-state index contributed by atoms with van der Waals surface area (Å²) in [5.74, 6) is -2.21. The number of nitrogens with zero attached hydrogens (tertiary/aromatic N) is 2. The number of nitro benzene ring substituents is 1. The number of fused-ring (bicyclic) bond motifs is 1. The predicted octanol–water partition coefficient (Wildman–Crippen LogP) is 2.91. The smallest absolute Gasteiger partial charge is 0.271 e. The summed E-state index contributed by atoms with van der Waals surface area (Å²) in [6.45, 7) is 0.267. The van der Waals surface area contributed by atoms with E-state index >= 15 is 0 Å². The maximum atomic E-state index is 13.8. The Kier molecular flexibility index (Phi) is 3.65. The Labute approximate surface area is 129 Å². The number of non-ortho nitro benzene ring substituents is 1.